The minimum absolute atomic E-state index is 0.00205. The molecule has 9 nitrogen and oxygen atoms in total. The van der Waals surface area contributed by atoms with Gasteiger partial charge >= 0.3 is 0 Å². The van der Waals surface area contributed by atoms with Crippen LogP contribution in [-0.4, -0.2) is 71.1 Å². The number of thiophene rings is 1. The molecule has 0 spiro atoms. The first-order chi connectivity index (χ1) is 16.2. The summed E-state index contributed by atoms with van der Waals surface area (Å²) in [5, 5.41) is 25.4. The fourth-order valence-electron chi connectivity index (χ4n) is 3.48. The molecule has 184 valence electrons. The van der Waals surface area contributed by atoms with Gasteiger partial charge in [0.1, 0.15) is 25.1 Å². The van der Waals surface area contributed by atoms with Gasteiger partial charge in [0.15, 0.2) is 0 Å². The van der Waals surface area contributed by atoms with Gasteiger partial charge in [-0.15, -0.1) is 11.3 Å². The third-order valence-electron chi connectivity index (χ3n) is 5.21. The third-order valence-corrected chi connectivity index (χ3v) is 6.42. The van der Waals surface area contributed by atoms with Gasteiger partial charge in [-0.05, 0) is 69.3 Å². The Labute approximate surface area is 203 Å². The first kappa shape index (κ1) is 25.8. The van der Waals surface area contributed by atoms with Crippen LogP contribution < -0.4 is 10.1 Å². The maximum atomic E-state index is 11.1. The summed E-state index contributed by atoms with van der Waals surface area (Å²) in [6.45, 7) is 6.29. The van der Waals surface area contributed by atoms with Crippen molar-refractivity contribution >= 4 is 17.2 Å². The Kier molecular flexibility index (Phi) is 8.78. The molecule has 3 aromatic rings. The van der Waals surface area contributed by atoms with Gasteiger partial charge in [-0.3, -0.25) is 4.79 Å². The molecule has 0 radical (unpaired) electrons. The number of carbonyl (C=O) groups excluding carboxylic acids is 1. The fourth-order valence-corrected chi connectivity index (χ4v) is 4.70. The molecule has 0 fully saturated rings. The molecule has 34 heavy (non-hydrogen) atoms. The van der Waals surface area contributed by atoms with Crippen LogP contribution in [0, 0.1) is 13.8 Å². The number of aliphatic hydroxyl groups excluding tert-OH is 2. The number of nitrogens with zero attached hydrogens (tertiary/aromatic N) is 3. The highest BCUT2D eigenvalue weighted by atomic mass is 32.1. The highest BCUT2D eigenvalue weighted by molar-refractivity contribution is 7.15. The highest BCUT2D eigenvalue weighted by Gasteiger charge is 2.18. The minimum Gasteiger partial charge on any atom is -0.490 e. The zero-order valence-electron chi connectivity index (χ0n) is 20.2. The van der Waals surface area contributed by atoms with Gasteiger partial charge in [-0.1, -0.05) is 12.1 Å². The van der Waals surface area contributed by atoms with E-state index in [9.17, 15) is 9.90 Å². The molecular weight excluding hydrogens is 456 g/mol. The van der Waals surface area contributed by atoms with Crippen LogP contribution in [0.25, 0.3) is 22.2 Å². The van der Waals surface area contributed by atoms with Crippen LogP contribution in [0.3, 0.4) is 0 Å². The van der Waals surface area contributed by atoms with Crippen LogP contribution in [-0.2, 0) is 17.8 Å². The van der Waals surface area contributed by atoms with Crippen molar-refractivity contribution < 1.29 is 24.3 Å². The standard InChI is InChI=1S/C24H32N4O5S/c1-6-16-9-17(7-15(3)22(16)32-13-18(30)10-25-21(31)12-29)23-26-24(33-27-23)19-8-14(2)20(34-19)11-28(4)5/h7-9,18,29-30H,6,10-13H2,1-5H3,(H,25,31). The van der Waals surface area contributed by atoms with Crippen molar-refractivity contribution in [1.29, 1.82) is 0 Å². The normalized spacial score (nSPS) is 12.2. The average molecular weight is 489 g/mol. The SMILES string of the molecule is CCc1cc(-c2noc(-c3cc(C)c(CN(C)C)s3)n2)cc(C)c1OCC(O)CNC(=O)CO. The van der Waals surface area contributed by atoms with Crippen LogP contribution in [0.4, 0.5) is 0 Å². The van der Waals surface area contributed by atoms with E-state index in [1.54, 1.807) is 11.3 Å². The lowest BCUT2D eigenvalue weighted by Gasteiger charge is -2.17. The Bertz CT molecular complexity index is 1120. The smallest absolute Gasteiger partial charge is 0.268 e. The number of hydrogen-bond acceptors (Lipinski definition) is 9. The number of hydrogen-bond donors (Lipinski definition) is 3. The predicted octanol–water partition coefficient (Wildman–Crippen LogP) is 2.55. The molecule has 3 rings (SSSR count). The molecule has 0 aliphatic heterocycles. The summed E-state index contributed by atoms with van der Waals surface area (Å²) >= 11 is 1.66. The van der Waals surface area contributed by atoms with E-state index in [4.69, 9.17) is 14.4 Å². The maximum Gasteiger partial charge on any atom is 0.268 e. The van der Waals surface area contributed by atoms with Crippen LogP contribution in [0.2, 0.25) is 0 Å². The molecule has 1 unspecified atom stereocenters. The van der Waals surface area contributed by atoms with E-state index in [0.717, 1.165) is 28.1 Å². The maximum absolute atomic E-state index is 11.1. The monoisotopic (exact) mass is 488 g/mol. The number of benzene rings is 1. The number of aliphatic hydroxyl groups is 2. The number of ether oxygens (including phenoxy) is 1. The van der Waals surface area contributed by atoms with E-state index in [2.05, 4.69) is 33.3 Å². The number of aryl methyl sites for hydroxylation is 3. The number of amides is 1. The summed E-state index contributed by atoms with van der Waals surface area (Å²) in [7, 11) is 4.08. The van der Waals surface area contributed by atoms with E-state index in [1.165, 1.54) is 10.4 Å². The van der Waals surface area contributed by atoms with Crippen LogP contribution in [0.5, 0.6) is 5.75 Å². The van der Waals surface area contributed by atoms with Crippen molar-refractivity contribution in [3.8, 4) is 27.9 Å². The Morgan fingerprint density at radius 3 is 2.71 bits per heavy atom. The molecule has 10 heteroatoms. The molecule has 0 aliphatic rings. The lowest BCUT2D eigenvalue weighted by Crippen LogP contribution is -2.36. The highest BCUT2D eigenvalue weighted by Crippen LogP contribution is 2.34. The number of carbonyl (C=O) groups is 1. The van der Waals surface area contributed by atoms with Crippen molar-refractivity contribution in [2.45, 2.75) is 39.8 Å². The lowest BCUT2D eigenvalue weighted by atomic mass is 10.0. The largest absolute Gasteiger partial charge is 0.490 e. The number of nitrogens with one attached hydrogen (secondary N) is 1. The quantitative estimate of drug-likeness (QED) is 0.377. The van der Waals surface area contributed by atoms with Gasteiger partial charge in [-0.25, -0.2) is 0 Å². The van der Waals surface area contributed by atoms with Crippen LogP contribution >= 0.6 is 11.3 Å². The second-order valence-electron chi connectivity index (χ2n) is 8.44. The number of rotatable bonds is 11. The van der Waals surface area contributed by atoms with Crippen molar-refractivity contribution in [2.75, 3.05) is 33.9 Å². The number of aromatic nitrogens is 2. The second-order valence-corrected chi connectivity index (χ2v) is 9.58. The van der Waals surface area contributed by atoms with E-state index >= 15 is 0 Å². The van der Waals surface area contributed by atoms with Gasteiger partial charge in [0.05, 0.1) is 4.88 Å². The van der Waals surface area contributed by atoms with E-state index in [-0.39, 0.29) is 13.2 Å². The summed E-state index contributed by atoms with van der Waals surface area (Å²) in [6.07, 6.45) is -0.185. The Balaban J connectivity index is 1.76. The molecule has 0 aliphatic carbocycles. The van der Waals surface area contributed by atoms with E-state index in [0.29, 0.717) is 23.9 Å². The van der Waals surface area contributed by atoms with E-state index < -0.39 is 18.6 Å². The fraction of sp³-hybridized carbons (Fsp3) is 0.458. The third kappa shape index (κ3) is 6.41. The van der Waals surface area contributed by atoms with Gasteiger partial charge in [0.25, 0.3) is 5.89 Å². The van der Waals surface area contributed by atoms with Gasteiger partial charge in [0.2, 0.25) is 11.7 Å². The lowest BCUT2D eigenvalue weighted by molar-refractivity contribution is -0.124. The van der Waals surface area contributed by atoms with Crippen molar-refractivity contribution in [3.63, 3.8) is 0 Å². The summed E-state index contributed by atoms with van der Waals surface area (Å²) in [6, 6.07) is 5.98. The first-order valence-electron chi connectivity index (χ1n) is 11.1. The second kappa shape index (κ2) is 11.6. The molecular formula is C24H32N4O5S. The molecule has 1 atom stereocenters. The van der Waals surface area contributed by atoms with Crippen LogP contribution in [0.15, 0.2) is 22.7 Å². The molecule has 0 saturated carbocycles. The zero-order valence-corrected chi connectivity index (χ0v) is 21.0. The predicted molar refractivity (Wildman–Crippen MR) is 131 cm³/mol. The Morgan fingerprint density at radius 2 is 2.03 bits per heavy atom. The molecule has 2 heterocycles. The topological polar surface area (TPSA) is 121 Å². The van der Waals surface area contributed by atoms with Gasteiger partial charge in [-0.2, -0.15) is 4.98 Å². The average Bonchev–Trinajstić information content (AvgIpc) is 3.43. The van der Waals surface area contributed by atoms with Gasteiger partial charge in [0, 0.05) is 23.5 Å². The summed E-state index contributed by atoms with van der Waals surface area (Å²) in [4.78, 5) is 20.1. The van der Waals surface area contributed by atoms with Crippen molar-refractivity contribution in [1.82, 2.24) is 20.4 Å². The zero-order chi connectivity index (χ0) is 24.8. The molecule has 1 amide bonds. The van der Waals surface area contributed by atoms with Crippen molar-refractivity contribution in [2.24, 2.45) is 0 Å². The summed E-state index contributed by atoms with van der Waals surface area (Å²) in [5.41, 5.74) is 3.87. The van der Waals surface area contributed by atoms with Crippen LogP contribution in [0.1, 0.15) is 28.5 Å². The van der Waals surface area contributed by atoms with E-state index in [1.807, 2.05) is 40.1 Å². The van der Waals surface area contributed by atoms with Gasteiger partial charge < -0.3 is 29.7 Å². The Morgan fingerprint density at radius 1 is 1.26 bits per heavy atom. The Hall–Kier alpha value is -2.79. The first-order valence-corrected chi connectivity index (χ1v) is 11.9. The molecule has 0 bridgehead atoms. The molecule has 1 aromatic carbocycles. The molecule has 3 N–H and O–H groups in total. The summed E-state index contributed by atoms with van der Waals surface area (Å²) < 4.78 is 11.4. The molecule has 2 aromatic heterocycles. The molecule has 0 saturated heterocycles. The summed E-state index contributed by atoms with van der Waals surface area (Å²) in [5.74, 6) is 1.15. The minimum atomic E-state index is -0.898. The van der Waals surface area contributed by atoms with Crippen molar-refractivity contribution in [3.05, 3.63) is 39.8 Å².